The molecule has 0 saturated heterocycles. The predicted octanol–water partition coefficient (Wildman–Crippen LogP) is 2.66. The largest absolute Gasteiger partial charge is 0.434 e. The fourth-order valence-corrected chi connectivity index (χ4v) is 1.58. The second-order valence-electron chi connectivity index (χ2n) is 4.97. The molecule has 0 bridgehead atoms. The van der Waals surface area contributed by atoms with E-state index in [1.165, 1.54) is 6.07 Å². The van der Waals surface area contributed by atoms with Gasteiger partial charge in [-0.25, -0.2) is 4.99 Å². The van der Waals surface area contributed by atoms with Crippen LogP contribution in [0.3, 0.4) is 0 Å². The summed E-state index contributed by atoms with van der Waals surface area (Å²) in [6.07, 6.45) is 0. The van der Waals surface area contributed by atoms with Gasteiger partial charge in [0.25, 0.3) is 0 Å². The van der Waals surface area contributed by atoms with E-state index in [9.17, 15) is 8.78 Å². The molecule has 1 aromatic rings. The van der Waals surface area contributed by atoms with Crippen LogP contribution in [0.1, 0.15) is 25.0 Å². The summed E-state index contributed by atoms with van der Waals surface area (Å²) in [7, 11) is 0. The number of nitrogens with zero attached hydrogens (tertiary/aromatic N) is 1. The van der Waals surface area contributed by atoms with Crippen molar-refractivity contribution in [3.05, 3.63) is 29.3 Å². The highest BCUT2D eigenvalue weighted by atomic mass is 19.3. The molecule has 0 aliphatic carbocycles. The summed E-state index contributed by atoms with van der Waals surface area (Å²) < 4.78 is 29.1. The van der Waals surface area contributed by atoms with E-state index in [0.29, 0.717) is 24.0 Å². The number of alkyl halides is 2. The summed E-state index contributed by atoms with van der Waals surface area (Å²) >= 11 is 0. The number of guanidine groups is 1. The summed E-state index contributed by atoms with van der Waals surface area (Å²) in [5, 5.41) is 2.97. The van der Waals surface area contributed by atoms with E-state index in [-0.39, 0.29) is 12.3 Å². The minimum Gasteiger partial charge on any atom is -0.434 e. The maximum atomic E-state index is 12.3. The predicted molar refractivity (Wildman–Crippen MR) is 76.0 cm³/mol. The first-order valence-electron chi connectivity index (χ1n) is 6.46. The third-order valence-electron chi connectivity index (χ3n) is 2.54. The third-order valence-corrected chi connectivity index (χ3v) is 2.54. The molecule has 1 rings (SSSR count). The molecule has 0 saturated carbocycles. The fourth-order valence-electron chi connectivity index (χ4n) is 1.58. The molecule has 0 fully saturated rings. The van der Waals surface area contributed by atoms with E-state index < -0.39 is 6.61 Å². The van der Waals surface area contributed by atoms with Crippen molar-refractivity contribution in [3.63, 3.8) is 0 Å². The molecule has 0 unspecified atom stereocenters. The normalized spacial score (nSPS) is 12.1. The molecule has 0 amide bonds. The van der Waals surface area contributed by atoms with Gasteiger partial charge in [-0.15, -0.1) is 0 Å². The van der Waals surface area contributed by atoms with Crippen LogP contribution in [0.5, 0.6) is 5.75 Å². The molecule has 0 aliphatic rings. The van der Waals surface area contributed by atoms with E-state index in [0.717, 1.165) is 5.56 Å². The molecule has 0 atom stereocenters. The number of halogens is 2. The smallest absolute Gasteiger partial charge is 0.387 e. The van der Waals surface area contributed by atoms with Crippen molar-refractivity contribution in [1.29, 1.82) is 0 Å². The average molecular weight is 285 g/mol. The van der Waals surface area contributed by atoms with Gasteiger partial charge in [0.2, 0.25) is 0 Å². The van der Waals surface area contributed by atoms with Crippen LogP contribution in [0, 0.1) is 12.8 Å². The minimum absolute atomic E-state index is 0.131. The Morgan fingerprint density at radius 1 is 1.40 bits per heavy atom. The molecule has 1 aromatic carbocycles. The van der Waals surface area contributed by atoms with Crippen molar-refractivity contribution >= 4 is 5.96 Å². The SMILES string of the molecule is Cc1ccc(OC(F)F)c(CN=C(N)NCC(C)C)c1. The summed E-state index contributed by atoms with van der Waals surface area (Å²) in [5.74, 6) is 0.870. The Bertz CT molecular complexity index is 462. The standard InChI is InChI=1S/C14H21F2N3O/c1-9(2)7-18-14(17)19-8-11-6-10(3)4-5-12(11)20-13(15)16/h4-6,9,13H,7-8H2,1-3H3,(H3,17,18,19). The van der Waals surface area contributed by atoms with Crippen LogP contribution in [-0.4, -0.2) is 19.1 Å². The molecule has 6 heteroatoms. The lowest BCUT2D eigenvalue weighted by atomic mass is 10.1. The lowest BCUT2D eigenvalue weighted by Gasteiger charge is -2.11. The van der Waals surface area contributed by atoms with E-state index in [4.69, 9.17) is 5.73 Å². The lowest BCUT2D eigenvalue weighted by molar-refractivity contribution is -0.0504. The van der Waals surface area contributed by atoms with Crippen LogP contribution < -0.4 is 15.8 Å². The number of nitrogens with one attached hydrogen (secondary N) is 1. The van der Waals surface area contributed by atoms with Crippen LogP contribution in [0.4, 0.5) is 8.78 Å². The molecular weight excluding hydrogens is 264 g/mol. The Morgan fingerprint density at radius 3 is 2.70 bits per heavy atom. The van der Waals surface area contributed by atoms with Crippen LogP contribution in [0.2, 0.25) is 0 Å². The Morgan fingerprint density at radius 2 is 2.10 bits per heavy atom. The molecule has 0 aliphatic heterocycles. The maximum absolute atomic E-state index is 12.3. The summed E-state index contributed by atoms with van der Waals surface area (Å²) in [6.45, 7) is 4.03. The molecule has 0 heterocycles. The van der Waals surface area contributed by atoms with E-state index >= 15 is 0 Å². The van der Waals surface area contributed by atoms with Crippen molar-refractivity contribution in [1.82, 2.24) is 5.32 Å². The maximum Gasteiger partial charge on any atom is 0.387 e. The molecule has 4 nitrogen and oxygen atoms in total. The third kappa shape index (κ3) is 5.86. The van der Waals surface area contributed by atoms with Crippen LogP contribution >= 0.6 is 0 Å². The Kier molecular flexibility index (Phi) is 6.21. The zero-order chi connectivity index (χ0) is 15.1. The highest BCUT2D eigenvalue weighted by Crippen LogP contribution is 2.22. The number of ether oxygens (including phenoxy) is 1. The number of hydrogen-bond acceptors (Lipinski definition) is 2. The van der Waals surface area contributed by atoms with Gasteiger partial charge in [-0.05, 0) is 18.9 Å². The summed E-state index contributed by atoms with van der Waals surface area (Å²) in [5.41, 5.74) is 7.24. The number of hydrogen-bond donors (Lipinski definition) is 2. The van der Waals surface area contributed by atoms with Crippen LogP contribution in [-0.2, 0) is 6.54 Å². The first kappa shape index (κ1) is 16.2. The number of aryl methyl sites for hydroxylation is 1. The molecule has 20 heavy (non-hydrogen) atoms. The van der Waals surface area contributed by atoms with Gasteiger partial charge in [-0.3, -0.25) is 0 Å². The highest BCUT2D eigenvalue weighted by Gasteiger charge is 2.09. The van der Waals surface area contributed by atoms with Crippen molar-refractivity contribution in [3.8, 4) is 5.75 Å². The monoisotopic (exact) mass is 285 g/mol. The quantitative estimate of drug-likeness (QED) is 0.624. The van der Waals surface area contributed by atoms with Crippen LogP contribution in [0.25, 0.3) is 0 Å². The minimum atomic E-state index is -2.85. The molecule has 3 N–H and O–H groups in total. The fraction of sp³-hybridized carbons (Fsp3) is 0.500. The summed E-state index contributed by atoms with van der Waals surface area (Å²) in [6, 6.07) is 4.99. The number of nitrogens with two attached hydrogens (primary N) is 1. The van der Waals surface area contributed by atoms with Crippen molar-refractivity contribution in [2.75, 3.05) is 6.54 Å². The zero-order valence-electron chi connectivity index (χ0n) is 12.0. The molecule has 0 aromatic heterocycles. The number of aliphatic imine (C=N–C) groups is 1. The van der Waals surface area contributed by atoms with Crippen molar-refractivity contribution < 1.29 is 13.5 Å². The molecule has 0 radical (unpaired) electrons. The van der Waals surface area contributed by atoms with Gasteiger partial charge in [0.15, 0.2) is 5.96 Å². The van der Waals surface area contributed by atoms with E-state index in [2.05, 4.69) is 28.9 Å². The number of rotatable bonds is 6. The van der Waals surface area contributed by atoms with Gasteiger partial charge in [-0.1, -0.05) is 31.5 Å². The van der Waals surface area contributed by atoms with Gasteiger partial charge in [-0.2, -0.15) is 8.78 Å². The Labute approximate surface area is 118 Å². The van der Waals surface area contributed by atoms with Gasteiger partial charge >= 0.3 is 6.61 Å². The average Bonchev–Trinajstić information content (AvgIpc) is 2.36. The van der Waals surface area contributed by atoms with Gasteiger partial charge in [0.05, 0.1) is 6.54 Å². The first-order valence-corrected chi connectivity index (χ1v) is 6.46. The summed E-state index contributed by atoms with van der Waals surface area (Å²) in [4.78, 5) is 4.13. The Balaban J connectivity index is 2.74. The van der Waals surface area contributed by atoms with Gasteiger partial charge in [0.1, 0.15) is 5.75 Å². The van der Waals surface area contributed by atoms with Gasteiger partial charge in [0, 0.05) is 12.1 Å². The topological polar surface area (TPSA) is 59.6 Å². The van der Waals surface area contributed by atoms with Crippen molar-refractivity contribution in [2.45, 2.75) is 33.9 Å². The van der Waals surface area contributed by atoms with Gasteiger partial charge < -0.3 is 15.8 Å². The second-order valence-corrected chi connectivity index (χ2v) is 4.97. The highest BCUT2D eigenvalue weighted by molar-refractivity contribution is 5.77. The Hall–Kier alpha value is -1.85. The zero-order valence-corrected chi connectivity index (χ0v) is 12.0. The second kappa shape index (κ2) is 7.67. The van der Waals surface area contributed by atoms with E-state index in [1.807, 2.05) is 6.92 Å². The lowest BCUT2D eigenvalue weighted by Crippen LogP contribution is -2.34. The van der Waals surface area contributed by atoms with Crippen LogP contribution in [0.15, 0.2) is 23.2 Å². The number of benzene rings is 1. The molecular formula is C14H21F2N3O. The van der Waals surface area contributed by atoms with Crippen molar-refractivity contribution in [2.24, 2.45) is 16.6 Å². The molecule has 0 spiro atoms. The first-order chi connectivity index (χ1) is 9.38. The molecule has 112 valence electrons. The van der Waals surface area contributed by atoms with E-state index in [1.54, 1.807) is 12.1 Å².